The minimum atomic E-state index is 0.331. The third-order valence-corrected chi connectivity index (χ3v) is 3.01. The Hall–Kier alpha value is 0.140. The van der Waals surface area contributed by atoms with Crippen LogP contribution in [-0.2, 0) is 4.79 Å². The first-order valence-electron chi connectivity index (χ1n) is 4.14. The molecule has 1 nitrogen and oxygen atoms in total. The van der Waals surface area contributed by atoms with E-state index in [4.69, 9.17) is 0 Å². The lowest BCUT2D eigenvalue weighted by Crippen LogP contribution is -2.10. The van der Waals surface area contributed by atoms with Gasteiger partial charge in [-0.2, -0.15) is 0 Å². The van der Waals surface area contributed by atoms with Crippen molar-refractivity contribution in [2.75, 3.05) is 0 Å². The number of carbonyl (C=O) groups excluding carboxylic acids is 1. The summed E-state index contributed by atoms with van der Waals surface area (Å²) in [5.74, 6) is 1.00. The second-order valence-corrected chi connectivity index (χ2v) is 4.19. The molecular weight excluding hydrogens is 251 g/mol. The molecular formula is C9H13IO. The van der Waals surface area contributed by atoms with Crippen LogP contribution >= 0.6 is 22.6 Å². The van der Waals surface area contributed by atoms with E-state index in [2.05, 4.69) is 35.6 Å². The van der Waals surface area contributed by atoms with Crippen LogP contribution in [0.5, 0.6) is 0 Å². The van der Waals surface area contributed by atoms with Crippen molar-refractivity contribution in [1.29, 1.82) is 0 Å². The summed E-state index contributed by atoms with van der Waals surface area (Å²) in [6.07, 6.45) is 6.42. The number of hydrogen-bond donors (Lipinski definition) is 0. The molecule has 0 bridgehead atoms. The zero-order valence-corrected chi connectivity index (χ0v) is 8.93. The normalized spacial score (nSPS) is 25.1. The summed E-state index contributed by atoms with van der Waals surface area (Å²) < 4.78 is 0.951. The van der Waals surface area contributed by atoms with Crippen LogP contribution in [0.25, 0.3) is 0 Å². The first kappa shape index (κ1) is 9.23. The predicted octanol–water partition coefficient (Wildman–Crippen LogP) is 3.08. The van der Waals surface area contributed by atoms with Crippen molar-refractivity contribution in [2.45, 2.75) is 32.6 Å². The molecule has 1 aliphatic carbocycles. The van der Waals surface area contributed by atoms with E-state index in [9.17, 15) is 4.79 Å². The molecule has 1 rings (SSSR count). The van der Waals surface area contributed by atoms with Gasteiger partial charge in [-0.15, -0.1) is 0 Å². The fourth-order valence-corrected chi connectivity index (χ4v) is 2.20. The molecule has 0 radical (unpaired) electrons. The summed E-state index contributed by atoms with van der Waals surface area (Å²) in [6, 6.07) is 0. The van der Waals surface area contributed by atoms with E-state index in [1.807, 2.05) is 0 Å². The number of Topliss-reactive ketones (excluding diaryl/α,β-unsaturated/α-hetero) is 1. The molecule has 62 valence electrons. The van der Waals surface area contributed by atoms with Gasteiger partial charge >= 0.3 is 0 Å². The van der Waals surface area contributed by atoms with Crippen LogP contribution in [0.4, 0.5) is 0 Å². The third kappa shape index (κ3) is 2.58. The first-order chi connectivity index (χ1) is 5.24. The molecule has 0 heterocycles. The number of halogens is 1. The summed E-state index contributed by atoms with van der Waals surface area (Å²) in [6.45, 7) is 2.19. The van der Waals surface area contributed by atoms with E-state index in [0.717, 1.165) is 16.4 Å². The van der Waals surface area contributed by atoms with Gasteiger partial charge in [0.15, 0.2) is 5.78 Å². The van der Waals surface area contributed by atoms with Gasteiger partial charge in [-0.05, 0) is 41.4 Å². The molecule has 0 saturated carbocycles. The van der Waals surface area contributed by atoms with Gasteiger partial charge in [0.05, 0.1) is 3.58 Å². The van der Waals surface area contributed by atoms with E-state index in [-0.39, 0.29) is 0 Å². The summed E-state index contributed by atoms with van der Waals surface area (Å²) in [5.41, 5.74) is 0. The summed E-state index contributed by atoms with van der Waals surface area (Å²) in [4.78, 5) is 11.1. The number of ketones is 1. The van der Waals surface area contributed by atoms with Gasteiger partial charge in [0, 0.05) is 6.42 Å². The van der Waals surface area contributed by atoms with Crippen molar-refractivity contribution in [3.05, 3.63) is 9.66 Å². The van der Waals surface area contributed by atoms with Crippen LogP contribution < -0.4 is 0 Å². The molecule has 1 atom stereocenters. The van der Waals surface area contributed by atoms with E-state index >= 15 is 0 Å². The lowest BCUT2D eigenvalue weighted by atomic mass is 9.92. The van der Waals surface area contributed by atoms with Gasteiger partial charge in [-0.3, -0.25) is 4.79 Å². The maximum atomic E-state index is 11.1. The van der Waals surface area contributed by atoms with Gasteiger partial charge in [0.2, 0.25) is 0 Å². The Balaban J connectivity index is 2.54. The molecule has 11 heavy (non-hydrogen) atoms. The Bertz CT molecular complexity index is 184. The third-order valence-electron chi connectivity index (χ3n) is 2.05. The Morgan fingerprint density at radius 2 is 2.45 bits per heavy atom. The standard InChI is InChI=1S/C9H13IO/c1-2-3-7-4-5-9(11)8(10)6-7/h6-7H,2-5H2,1H3. The minimum absolute atomic E-state index is 0.331. The number of carbonyl (C=O) groups is 1. The Kier molecular flexibility index (Phi) is 3.55. The van der Waals surface area contributed by atoms with Gasteiger partial charge in [0.25, 0.3) is 0 Å². The lowest BCUT2D eigenvalue weighted by Gasteiger charge is -2.16. The van der Waals surface area contributed by atoms with Crippen LogP contribution in [0.3, 0.4) is 0 Å². The number of rotatable bonds is 2. The highest BCUT2D eigenvalue weighted by Crippen LogP contribution is 2.26. The molecule has 2 heteroatoms. The monoisotopic (exact) mass is 264 g/mol. The fourth-order valence-electron chi connectivity index (χ4n) is 1.42. The summed E-state index contributed by atoms with van der Waals surface area (Å²) in [5, 5.41) is 0. The van der Waals surface area contributed by atoms with Crippen molar-refractivity contribution >= 4 is 28.4 Å². The maximum Gasteiger partial charge on any atom is 0.168 e. The van der Waals surface area contributed by atoms with Crippen molar-refractivity contribution in [1.82, 2.24) is 0 Å². The molecule has 1 aliphatic rings. The van der Waals surface area contributed by atoms with Crippen molar-refractivity contribution < 1.29 is 4.79 Å². The average Bonchev–Trinajstić information content (AvgIpc) is 1.98. The Morgan fingerprint density at radius 1 is 1.73 bits per heavy atom. The molecule has 0 saturated heterocycles. The summed E-state index contributed by atoms with van der Waals surface area (Å²) >= 11 is 2.15. The van der Waals surface area contributed by atoms with Gasteiger partial charge in [-0.1, -0.05) is 19.4 Å². The first-order valence-corrected chi connectivity index (χ1v) is 5.22. The highest BCUT2D eigenvalue weighted by molar-refractivity contribution is 14.1. The molecule has 0 N–H and O–H groups in total. The zero-order valence-electron chi connectivity index (χ0n) is 6.77. The highest BCUT2D eigenvalue weighted by Gasteiger charge is 2.17. The molecule has 1 unspecified atom stereocenters. The molecule has 0 aliphatic heterocycles. The van der Waals surface area contributed by atoms with Crippen molar-refractivity contribution in [3.8, 4) is 0 Å². The van der Waals surface area contributed by atoms with Crippen LogP contribution in [0.1, 0.15) is 32.6 Å². The van der Waals surface area contributed by atoms with Gasteiger partial charge in [0.1, 0.15) is 0 Å². The Morgan fingerprint density at radius 3 is 3.00 bits per heavy atom. The smallest absolute Gasteiger partial charge is 0.168 e. The van der Waals surface area contributed by atoms with E-state index in [0.29, 0.717) is 11.7 Å². The molecule has 0 amide bonds. The maximum absolute atomic E-state index is 11.1. The predicted molar refractivity (Wildman–Crippen MR) is 54.7 cm³/mol. The van der Waals surface area contributed by atoms with Crippen molar-refractivity contribution in [2.24, 2.45) is 5.92 Å². The van der Waals surface area contributed by atoms with E-state index in [1.165, 1.54) is 12.8 Å². The zero-order chi connectivity index (χ0) is 8.27. The molecule has 0 aromatic heterocycles. The minimum Gasteiger partial charge on any atom is -0.294 e. The van der Waals surface area contributed by atoms with Crippen molar-refractivity contribution in [3.63, 3.8) is 0 Å². The average molecular weight is 264 g/mol. The molecule has 0 aromatic rings. The molecule has 0 spiro atoms. The number of hydrogen-bond acceptors (Lipinski definition) is 1. The second kappa shape index (κ2) is 4.24. The van der Waals surface area contributed by atoms with Gasteiger partial charge in [-0.25, -0.2) is 0 Å². The van der Waals surface area contributed by atoms with Crippen LogP contribution in [0.2, 0.25) is 0 Å². The lowest BCUT2D eigenvalue weighted by molar-refractivity contribution is -0.115. The molecule has 0 fully saturated rings. The van der Waals surface area contributed by atoms with Gasteiger partial charge < -0.3 is 0 Å². The largest absolute Gasteiger partial charge is 0.294 e. The van der Waals surface area contributed by atoms with Crippen LogP contribution in [0.15, 0.2) is 9.66 Å². The quantitative estimate of drug-likeness (QED) is 0.700. The fraction of sp³-hybridized carbons (Fsp3) is 0.667. The SMILES string of the molecule is CCCC1C=C(I)C(=O)CC1. The van der Waals surface area contributed by atoms with E-state index < -0.39 is 0 Å². The van der Waals surface area contributed by atoms with Crippen LogP contribution in [-0.4, -0.2) is 5.78 Å². The summed E-state index contributed by atoms with van der Waals surface area (Å²) in [7, 11) is 0. The molecule has 0 aromatic carbocycles. The highest BCUT2D eigenvalue weighted by atomic mass is 127. The van der Waals surface area contributed by atoms with Crippen LogP contribution in [0, 0.1) is 5.92 Å². The topological polar surface area (TPSA) is 17.1 Å². The number of allylic oxidation sites excluding steroid dienone is 2. The second-order valence-electron chi connectivity index (χ2n) is 3.03. The Labute approximate surface area is 81.4 Å². The van der Waals surface area contributed by atoms with E-state index in [1.54, 1.807) is 0 Å².